The standard InChI is InChI=1S/C18H21F2N3O/c1-3-10-23(11-4-2)13-8-9-21-16(12-13)18(24)22-17-14(19)6-5-7-15(17)20/h5-9,12H,3-4,10-11H2,1-2H3,(H,22,24). The highest BCUT2D eigenvalue weighted by Gasteiger charge is 2.15. The summed E-state index contributed by atoms with van der Waals surface area (Å²) in [4.78, 5) is 18.5. The number of para-hydroxylation sites is 1. The van der Waals surface area contributed by atoms with Gasteiger partial charge in [-0.25, -0.2) is 8.78 Å². The van der Waals surface area contributed by atoms with Gasteiger partial charge in [-0.15, -0.1) is 0 Å². The van der Waals surface area contributed by atoms with Gasteiger partial charge in [0, 0.05) is 25.0 Å². The zero-order chi connectivity index (χ0) is 17.5. The van der Waals surface area contributed by atoms with E-state index in [4.69, 9.17) is 0 Å². The van der Waals surface area contributed by atoms with Crippen molar-refractivity contribution in [3.63, 3.8) is 0 Å². The second kappa shape index (κ2) is 8.38. The van der Waals surface area contributed by atoms with Crippen LogP contribution in [0.3, 0.4) is 0 Å². The maximum Gasteiger partial charge on any atom is 0.274 e. The third-order valence-corrected chi connectivity index (χ3v) is 3.53. The molecular weight excluding hydrogens is 312 g/mol. The third kappa shape index (κ3) is 4.28. The lowest BCUT2D eigenvalue weighted by Gasteiger charge is -2.23. The number of hydrogen-bond acceptors (Lipinski definition) is 3. The predicted molar refractivity (Wildman–Crippen MR) is 91.3 cm³/mol. The van der Waals surface area contributed by atoms with Gasteiger partial charge < -0.3 is 10.2 Å². The summed E-state index contributed by atoms with van der Waals surface area (Å²) in [6, 6.07) is 6.89. The molecule has 4 nitrogen and oxygen atoms in total. The number of halogens is 2. The molecule has 6 heteroatoms. The Balaban J connectivity index is 2.22. The summed E-state index contributed by atoms with van der Waals surface area (Å²) >= 11 is 0. The Bertz CT molecular complexity index is 680. The lowest BCUT2D eigenvalue weighted by atomic mass is 10.2. The van der Waals surface area contributed by atoms with Crippen molar-refractivity contribution >= 4 is 17.3 Å². The van der Waals surface area contributed by atoms with E-state index < -0.39 is 23.2 Å². The van der Waals surface area contributed by atoms with E-state index in [2.05, 4.69) is 29.0 Å². The van der Waals surface area contributed by atoms with E-state index in [1.54, 1.807) is 6.07 Å². The molecule has 1 heterocycles. The Morgan fingerprint density at radius 2 is 1.75 bits per heavy atom. The SMILES string of the molecule is CCCN(CCC)c1ccnc(C(=O)Nc2c(F)cccc2F)c1. The average molecular weight is 333 g/mol. The lowest BCUT2D eigenvalue weighted by Crippen LogP contribution is -2.25. The number of nitrogens with zero attached hydrogens (tertiary/aromatic N) is 2. The van der Waals surface area contributed by atoms with Crippen LogP contribution in [-0.4, -0.2) is 24.0 Å². The van der Waals surface area contributed by atoms with E-state index in [1.165, 1.54) is 12.3 Å². The second-order valence-corrected chi connectivity index (χ2v) is 5.44. The van der Waals surface area contributed by atoms with Crippen LogP contribution in [-0.2, 0) is 0 Å². The molecule has 1 aromatic heterocycles. The van der Waals surface area contributed by atoms with E-state index in [9.17, 15) is 13.6 Å². The summed E-state index contributed by atoms with van der Waals surface area (Å²) in [7, 11) is 0. The van der Waals surface area contributed by atoms with Gasteiger partial charge in [0.25, 0.3) is 5.91 Å². The van der Waals surface area contributed by atoms with Gasteiger partial charge in [-0.3, -0.25) is 9.78 Å². The number of amides is 1. The Morgan fingerprint density at radius 1 is 1.12 bits per heavy atom. The number of benzene rings is 1. The van der Waals surface area contributed by atoms with Crippen molar-refractivity contribution in [3.8, 4) is 0 Å². The number of aromatic nitrogens is 1. The largest absolute Gasteiger partial charge is 0.371 e. The molecule has 0 fully saturated rings. The Morgan fingerprint density at radius 3 is 2.33 bits per heavy atom. The van der Waals surface area contributed by atoms with E-state index in [0.29, 0.717) is 0 Å². The topological polar surface area (TPSA) is 45.2 Å². The molecular formula is C18H21F2N3O. The lowest BCUT2D eigenvalue weighted by molar-refractivity contribution is 0.102. The number of rotatable bonds is 7. The van der Waals surface area contributed by atoms with Crippen LogP contribution in [0.15, 0.2) is 36.5 Å². The zero-order valence-electron chi connectivity index (χ0n) is 13.9. The van der Waals surface area contributed by atoms with Gasteiger partial charge >= 0.3 is 0 Å². The monoisotopic (exact) mass is 333 g/mol. The molecule has 24 heavy (non-hydrogen) atoms. The summed E-state index contributed by atoms with van der Waals surface area (Å²) in [5, 5.41) is 2.25. The van der Waals surface area contributed by atoms with Crippen LogP contribution in [0.25, 0.3) is 0 Å². The molecule has 0 radical (unpaired) electrons. The average Bonchev–Trinajstić information content (AvgIpc) is 2.58. The van der Waals surface area contributed by atoms with E-state index in [-0.39, 0.29) is 5.69 Å². The van der Waals surface area contributed by atoms with Crippen LogP contribution >= 0.6 is 0 Å². The minimum absolute atomic E-state index is 0.118. The van der Waals surface area contributed by atoms with Gasteiger partial charge in [-0.05, 0) is 37.1 Å². The van der Waals surface area contributed by atoms with E-state index >= 15 is 0 Å². The summed E-state index contributed by atoms with van der Waals surface area (Å²) in [6.07, 6.45) is 3.48. The zero-order valence-corrected chi connectivity index (χ0v) is 13.9. The predicted octanol–water partition coefficient (Wildman–Crippen LogP) is 4.24. The quantitative estimate of drug-likeness (QED) is 0.824. The van der Waals surface area contributed by atoms with Gasteiger partial charge in [-0.1, -0.05) is 19.9 Å². The van der Waals surface area contributed by atoms with Gasteiger partial charge in [0.1, 0.15) is 23.0 Å². The Kier molecular flexibility index (Phi) is 6.23. The molecule has 1 aromatic carbocycles. The Hall–Kier alpha value is -2.50. The molecule has 0 aliphatic carbocycles. The number of carbonyl (C=O) groups excluding carboxylic acids is 1. The van der Waals surface area contributed by atoms with Crippen molar-refractivity contribution in [1.82, 2.24) is 4.98 Å². The van der Waals surface area contributed by atoms with Gasteiger partial charge in [0.2, 0.25) is 0 Å². The molecule has 0 saturated carbocycles. The number of pyridine rings is 1. The molecule has 0 spiro atoms. The molecule has 0 saturated heterocycles. The molecule has 0 atom stereocenters. The highest BCUT2D eigenvalue weighted by molar-refractivity contribution is 6.03. The first-order valence-corrected chi connectivity index (χ1v) is 8.03. The molecule has 0 bridgehead atoms. The van der Waals surface area contributed by atoms with Crippen molar-refractivity contribution in [2.45, 2.75) is 26.7 Å². The summed E-state index contributed by atoms with van der Waals surface area (Å²) in [6.45, 7) is 5.89. The van der Waals surface area contributed by atoms with Gasteiger partial charge in [0.05, 0.1) is 0 Å². The molecule has 2 rings (SSSR count). The number of hydrogen-bond donors (Lipinski definition) is 1. The van der Waals surface area contributed by atoms with Crippen LogP contribution in [0.2, 0.25) is 0 Å². The van der Waals surface area contributed by atoms with E-state index in [0.717, 1.165) is 43.8 Å². The van der Waals surface area contributed by atoms with Crippen LogP contribution < -0.4 is 10.2 Å². The maximum absolute atomic E-state index is 13.7. The fourth-order valence-electron chi connectivity index (χ4n) is 2.44. The smallest absolute Gasteiger partial charge is 0.274 e. The summed E-state index contributed by atoms with van der Waals surface area (Å²) < 4.78 is 27.3. The van der Waals surface area contributed by atoms with Crippen molar-refractivity contribution in [3.05, 3.63) is 53.9 Å². The Labute approximate surface area is 140 Å². The van der Waals surface area contributed by atoms with Crippen LogP contribution in [0.4, 0.5) is 20.2 Å². The first-order valence-electron chi connectivity index (χ1n) is 8.03. The van der Waals surface area contributed by atoms with Crippen molar-refractivity contribution in [2.24, 2.45) is 0 Å². The third-order valence-electron chi connectivity index (χ3n) is 3.53. The summed E-state index contributed by atoms with van der Waals surface area (Å²) in [5.74, 6) is -2.29. The first kappa shape index (κ1) is 17.8. The normalized spacial score (nSPS) is 10.5. The molecule has 2 aromatic rings. The van der Waals surface area contributed by atoms with Crippen molar-refractivity contribution in [1.29, 1.82) is 0 Å². The number of anilines is 2. The molecule has 0 unspecified atom stereocenters. The minimum Gasteiger partial charge on any atom is -0.371 e. The molecule has 0 aliphatic heterocycles. The highest BCUT2D eigenvalue weighted by Crippen LogP contribution is 2.20. The van der Waals surface area contributed by atoms with E-state index in [1.807, 2.05) is 6.07 Å². The fraction of sp³-hybridized carbons (Fsp3) is 0.333. The fourth-order valence-corrected chi connectivity index (χ4v) is 2.44. The van der Waals surface area contributed by atoms with Gasteiger partial charge in [0.15, 0.2) is 0 Å². The molecule has 1 amide bonds. The minimum atomic E-state index is -0.821. The van der Waals surface area contributed by atoms with Crippen LogP contribution in [0.5, 0.6) is 0 Å². The molecule has 128 valence electrons. The van der Waals surface area contributed by atoms with Crippen molar-refractivity contribution in [2.75, 3.05) is 23.3 Å². The first-order chi connectivity index (χ1) is 11.6. The molecule has 1 N–H and O–H groups in total. The number of carbonyl (C=O) groups is 1. The van der Waals surface area contributed by atoms with Gasteiger partial charge in [-0.2, -0.15) is 0 Å². The van der Waals surface area contributed by atoms with Crippen LogP contribution in [0, 0.1) is 11.6 Å². The summed E-state index contributed by atoms with van der Waals surface area (Å²) in [5.41, 5.74) is 0.522. The highest BCUT2D eigenvalue weighted by atomic mass is 19.1. The maximum atomic E-state index is 13.7. The molecule has 0 aliphatic rings. The van der Waals surface area contributed by atoms with Crippen molar-refractivity contribution < 1.29 is 13.6 Å². The number of nitrogens with one attached hydrogen (secondary N) is 1. The van der Waals surface area contributed by atoms with Crippen LogP contribution in [0.1, 0.15) is 37.2 Å². The second-order valence-electron chi connectivity index (χ2n) is 5.44.